The molecule has 7 heteroatoms. The summed E-state index contributed by atoms with van der Waals surface area (Å²) in [5.74, 6) is -3.52. The summed E-state index contributed by atoms with van der Waals surface area (Å²) in [4.78, 5) is 33.5. The van der Waals surface area contributed by atoms with E-state index in [1.165, 1.54) is 64.2 Å². The van der Waals surface area contributed by atoms with Crippen LogP contribution in [-0.4, -0.2) is 63.9 Å². The van der Waals surface area contributed by atoms with Gasteiger partial charge in [0.2, 0.25) is 0 Å². The van der Waals surface area contributed by atoms with Crippen LogP contribution >= 0.6 is 0 Å². The normalized spacial score (nSPS) is 11.8. The first-order valence-corrected chi connectivity index (χ1v) is 13.5. The summed E-state index contributed by atoms with van der Waals surface area (Å²) in [5, 5.41) is 27.4. The summed E-state index contributed by atoms with van der Waals surface area (Å²) in [7, 11) is 0. The van der Waals surface area contributed by atoms with Crippen molar-refractivity contribution >= 4 is 17.9 Å². The molecular weight excluding hydrogens is 434 g/mol. The highest BCUT2D eigenvalue weighted by atomic mass is 16.4. The number of carbonyl (C=O) groups is 3. The number of carboxylic acids is 3. The Bertz CT molecular complexity index is 535. The Labute approximate surface area is 206 Å². The Hall–Kier alpha value is -1.89. The van der Waals surface area contributed by atoms with Crippen molar-refractivity contribution in [2.45, 2.75) is 116 Å². The lowest BCUT2D eigenvalue weighted by Crippen LogP contribution is -2.57. The molecular formula is C27H50NO6+. The second kappa shape index (κ2) is 21.6. The largest absolute Gasteiger partial charge is 0.477 e. The van der Waals surface area contributed by atoms with E-state index in [9.17, 15) is 14.4 Å². The zero-order valence-electron chi connectivity index (χ0n) is 21.5. The molecule has 0 saturated heterocycles. The van der Waals surface area contributed by atoms with Crippen LogP contribution in [0.15, 0.2) is 12.2 Å². The van der Waals surface area contributed by atoms with E-state index in [0.29, 0.717) is 6.42 Å². The zero-order chi connectivity index (χ0) is 25.5. The fourth-order valence-electron chi connectivity index (χ4n) is 4.49. The third-order valence-electron chi connectivity index (χ3n) is 6.31. The van der Waals surface area contributed by atoms with Crippen LogP contribution in [0.3, 0.4) is 0 Å². The molecule has 0 amide bonds. The smallest absolute Gasteiger partial charge is 0.359 e. The minimum absolute atomic E-state index is 0.254. The molecule has 34 heavy (non-hydrogen) atoms. The van der Waals surface area contributed by atoms with E-state index in [2.05, 4.69) is 19.1 Å². The molecule has 0 aromatic heterocycles. The third kappa shape index (κ3) is 20.7. The summed E-state index contributed by atoms with van der Waals surface area (Å²) >= 11 is 0. The number of rotatable bonds is 25. The topological polar surface area (TPSA) is 112 Å². The van der Waals surface area contributed by atoms with Crippen LogP contribution in [0.25, 0.3) is 0 Å². The number of carboxylic acid groups (broad SMARTS) is 3. The summed E-state index contributed by atoms with van der Waals surface area (Å²) < 4.78 is -0.443. The maximum atomic E-state index is 11.2. The number of nitrogens with zero attached hydrogens (tertiary/aromatic N) is 1. The zero-order valence-corrected chi connectivity index (χ0v) is 21.5. The van der Waals surface area contributed by atoms with Gasteiger partial charge in [0, 0.05) is 0 Å². The van der Waals surface area contributed by atoms with E-state index >= 15 is 0 Å². The minimum atomic E-state index is -1.17. The van der Waals surface area contributed by atoms with E-state index in [1.54, 1.807) is 0 Å². The first-order valence-electron chi connectivity index (χ1n) is 13.5. The number of hydrogen-bond acceptors (Lipinski definition) is 3. The Balaban J connectivity index is 3.79. The van der Waals surface area contributed by atoms with Crippen LogP contribution in [0.4, 0.5) is 0 Å². The highest BCUT2D eigenvalue weighted by Gasteiger charge is 2.35. The summed E-state index contributed by atoms with van der Waals surface area (Å²) in [5.41, 5.74) is 0. The predicted octanol–water partition coefficient (Wildman–Crippen LogP) is 6.26. The van der Waals surface area contributed by atoms with Gasteiger partial charge in [-0.15, -0.1) is 0 Å². The molecule has 3 N–H and O–H groups in total. The van der Waals surface area contributed by atoms with Crippen molar-refractivity contribution in [2.24, 2.45) is 0 Å². The highest BCUT2D eigenvalue weighted by Crippen LogP contribution is 2.14. The van der Waals surface area contributed by atoms with E-state index in [-0.39, 0.29) is 6.54 Å². The molecule has 0 rings (SSSR count). The molecule has 198 valence electrons. The molecule has 0 heterocycles. The number of allylic oxidation sites excluding steroid dienone is 2. The van der Waals surface area contributed by atoms with E-state index < -0.39 is 42.0 Å². The van der Waals surface area contributed by atoms with Gasteiger partial charge in [-0.1, -0.05) is 89.7 Å². The monoisotopic (exact) mass is 484 g/mol. The number of unbranched alkanes of at least 4 members (excludes halogenated alkanes) is 15. The van der Waals surface area contributed by atoms with Gasteiger partial charge in [0.15, 0.2) is 19.6 Å². The van der Waals surface area contributed by atoms with Gasteiger partial charge in [0.05, 0.1) is 6.54 Å². The first-order chi connectivity index (χ1) is 16.3. The molecule has 0 aliphatic carbocycles. The molecule has 0 saturated carbocycles. The molecule has 0 spiro atoms. The Morgan fingerprint density at radius 1 is 0.529 bits per heavy atom. The van der Waals surface area contributed by atoms with Gasteiger partial charge in [-0.2, -0.15) is 0 Å². The second-order valence-corrected chi connectivity index (χ2v) is 9.72. The summed E-state index contributed by atoms with van der Waals surface area (Å²) in [6, 6.07) is 0. The van der Waals surface area contributed by atoms with Crippen molar-refractivity contribution in [1.29, 1.82) is 0 Å². The van der Waals surface area contributed by atoms with Crippen LogP contribution < -0.4 is 0 Å². The van der Waals surface area contributed by atoms with Crippen molar-refractivity contribution in [3.05, 3.63) is 12.2 Å². The Morgan fingerprint density at radius 2 is 0.853 bits per heavy atom. The van der Waals surface area contributed by atoms with Crippen molar-refractivity contribution in [1.82, 2.24) is 0 Å². The van der Waals surface area contributed by atoms with Gasteiger partial charge in [0.1, 0.15) is 0 Å². The summed E-state index contributed by atoms with van der Waals surface area (Å²) in [6.07, 6.45) is 25.0. The number of aliphatic carboxylic acids is 3. The van der Waals surface area contributed by atoms with Crippen LogP contribution in [0, 0.1) is 0 Å². The maximum absolute atomic E-state index is 11.2. The van der Waals surface area contributed by atoms with Crippen molar-refractivity contribution in [2.75, 3.05) is 26.2 Å². The molecule has 0 atom stereocenters. The second-order valence-electron chi connectivity index (χ2n) is 9.72. The standard InChI is InChI=1S/C27H49NO6/c1-2-3-4-5-6-7-8-9-10-11-12-13-14-15-16-17-18-19-20-21-28(22-25(29)30,23-26(31)32)24-27(33)34/h13-14H,2-12,15-24H2,1H3,(H2-,29,30,31,32,33,34)/p+1/b14-13-. The fraction of sp³-hybridized carbons (Fsp3) is 0.815. The molecule has 0 bridgehead atoms. The van der Waals surface area contributed by atoms with Crippen LogP contribution in [0.5, 0.6) is 0 Å². The molecule has 0 aliphatic rings. The quantitative estimate of drug-likeness (QED) is 0.0800. The van der Waals surface area contributed by atoms with Crippen LogP contribution in [0.2, 0.25) is 0 Å². The van der Waals surface area contributed by atoms with E-state index in [1.807, 2.05) is 0 Å². The Kier molecular flexibility index (Phi) is 20.4. The van der Waals surface area contributed by atoms with Crippen molar-refractivity contribution in [3.63, 3.8) is 0 Å². The average molecular weight is 485 g/mol. The maximum Gasteiger partial charge on any atom is 0.359 e. The minimum Gasteiger partial charge on any atom is -0.477 e. The van der Waals surface area contributed by atoms with Gasteiger partial charge in [-0.3, -0.25) is 4.48 Å². The molecule has 0 radical (unpaired) electrons. The third-order valence-corrected chi connectivity index (χ3v) is 6.31. The molecule has 0 fully saturated rings. The SMILES string of the molecule is CCCCCCCCCCCC/C=C\CCCCCCC[N+](CC(=O)O)(CC(=O)O)CC(=O)O. The van der Waals surface area contributed by atoms with E-state index in [0.717, 1.165) is 38.5 Å². The van der Waals surface area contributed by atoms with Gasteiger partial charge in [0.25, 0.3) is 0 Å². The van der Waals surface area contributed by atoms with Crippen molar-refractivity contribution < 1.29 is 34.2 Å². The highest BCUT2D eigenvalue weighted by molar-refractivity contribution is 5.73. The van der Waals surface area contributed by atoms with Crippen LogP contribution in [0.1, 0.15) is 116 Å². The molecule has 0 unspecified atom stereocenters. The fourth-order valence-corrected chi connectivity index (χ4v) is 4.49. The summed E-state index contributed by atoms with van der Waals surface area (Å²) in [6.45, 7) is 1.06. The van der Waals surface area contributed by atoms with Crippen molar-refractivity contribution in [3.8, 4) is 0 Å². The number of hydrogen-bond donors (Lipinski definition) is 3. The van der Waals surface area contributed by atoms with Crippen LogP contribution in [-0.2, 0) is 14.4 Å². The molecule has 0 aromatic carbocycles. The van der Waals surface area contributed by atoms with Gasteiger partial charge in [-0.25, -0.2) is 14.4 Å². The lowest BCUT2D eigenvalue weighted by Gasteiger charge is -2.34. The first kappa shape index (κ1) is 32.1. The van der Waals surface area contributed by atoms with Gasteiger partial charge >= 0.3 is 17.9 Å². The van der Waals surface area contributed by atoms with Gasteiger partial charge < -0.3 is 15.3 Å². The molecule has 7 nitrogen and oxygen atoms in total. The van der Waals surface area contributed by atoms with E-state index in [4.69, 9.17) is 15.3 Å². The average Bonchev–Trinajstić information content (AvgIpc) is 2.73. The molecule has 0 aromatic rings. The predicted molar refractivity (Wildman–Crippen MR) is 136 cm³/mol. The van der Waals surface area contributed by atoms with Gasteiger partial charge in [-0.05, 0) is 38.5 Å². The lowest BCUT2D eigenvalue weighted by atomic mass is 10.1. The Morgan fingerprint density at radius 3 is 1.21 bits per heavy atom. The number of quaternary nitrogens is 1. The molecule has 0 aliphatic heterocycles. The lowest BCUT2D eigenvalue weighted by molar-refractivity contribution is -0.907.